The third kappa shape index (κ3) is 4.92. The first kappa shape index (κ1) is 24.8. The van der Waals surface area contributed by atoms with Gasteiger partial charge >= 0.3 is 0 Å². The molecule has 7 heteroatoms. The van der Waals surface area contributed by atoms with E-state index in [1.165, 1.54) is 18.3 Å². The van der Waals surface area contributed by atoms with Crippen molar-refractivity contribution in [3.05, 3.63) is 81.5 Å². The zero-order valence-corrected chi connectivity index (χ0v) is 21.1. The highest BCUT2D eigenvalue weighted by Crippen LogP contribution is 2.48. The average Bonchev–Trinajstić information content (AvgIpc) is 3.21. The molecule has 2 amide bonds. The molecule has 0 aliphatic heterocycles. The van der Waals surface area contributed by atoms with Crippen molar-refractivity contribution in [3.63, 3.8) is 0 Å². The second kappa shape index (κ2) is 9.76. The predicted octanol–water partition coefficient (Wildman–Crippen LogP) is 4.99. The summed E-state index contributed by atoms with van der Waals surface area (Å²) >= 11 is 1.40. The number of amides is 2. The highest BCUT2D eigenvalue weighted by Gasteiger charge is 2.56. The third-order valence-electron chi connectivity index (χ3n) is 6.84. The molecule has 0 saturated heterocycles. The van der Waals surface area contributed by atoms with Crippen molar-refractivity contribution in [2.24, 2.45) is 11.8 Å². The first-order valence-corrected chi connectivity index (χ1v) is 12.5. The van der Waals surface area contributed by atoms with Gasteiger partial charge in [-0.05, 0) is 68.0 Å². The molecule has 1 aliphatic carbocycles. The summed E-state index contributed by atoms with van der Waals surface area (Å²) in [5.41, 5.74) is 2.26. The minimum atomic E-state index is -1.62. The fourth-order valence-electron chi connectivity index (χ4n) is 4.98. The molecule has 3 N–H and O–H groups in total. The molecular weight excluding hydrogens is 460 g/mol. The number of aliphatic hydroxyl groups is 1. The fourth-order valence-corrected chi connectivity index (χ4v) is 6.08. The number of carbonyl (C=O) groups is 3. The molecule has 0 bridgehead atoms. The van der Waals surface area contributed by atoms with Crippen LogP contribution in [0, 0.1) is 32.6 Å². The maximum absolute atomic E-state index is 13.7. The maximum Gasteiger partial charge on any atom is 0.235 e. The Morgan fingerprint density at radius 1 is 0.886 bits per heavy atom. The molecule has 1 aromatic heterocycles. The van der Waals surface area contributed by atoms with Gasteiger partial charge < -0.3 is 15.7 Å². The molecule has 0 radical (unpaired) electrons. The van der Waals surface area contributed by atoms with E-state index in [0.29, 0.717) is 11.4 Å². The monoisotopic (exact) mass is 490 g/mol. The first-order chi connectivity index (χ1) is 16.6. The summed E-state index contributed by atoms with van der Waals surface area (Å²) < 4.78 is 0. The molecular formula is C28H30N2O4S. The number of para-hydroxylation sites is 2. The van der Waals surface area contributed by atoms with Gasteiger partial charge in [0, 0.05) is 28.6 Å². The summed E-state index contributed by atoms with van der Waals surface area (Å²) in [6.07, 6.45) is -0.286. The normalized spacial score (nSPS) is 24.1. The Bertz CT molecular complexity index is 1280. The summed E-state index contributed by atoms with van der Waals surface area (Å²) in [6.45, 7) is 7.17. The van der Waals surface area contributed by atoms with Gasteiger partial charge in [-0.15, -0.1) is 11.3 Å². The van der Waals surface area contributed by atoms with Gasteiger partial charge in [-0.3, -0.25) is 14.4 Å². The number of hydrogen-bond donors (Lipinski definition) is 3. The molecule has 0 spiro atoms. The van der Waals surface area contributed by atoms with E-state index >= 15 is 0 Å². The highest BCUT2D eigenvalue weighted by molar-refractivity contribution is 7.10. The number of ketones is 1. The first-order valence-electron chi connectivity index (χ1n) is 11.6. The van der Waals surface area contributed by atoms with E-state index in [2.05, 4.69) is 10.6 Å². The molecule has 1 fully saturated rings. The molecule has 3 aromatic rings. The molecule has 2 aromatic carbocycles. The molecule has 1 heterocycles. The van der Waals surface area contributed by atoms with Gasteiger partial charge in [0.15, 0.2) is 0 Å². The van der Waals surface area contributed by atoms with Gasteiger partial charge in [-0.25, -0.2) is 0 Å². The van der Waals surface area contributed by atoms with E-state index in [9.17, 15) is 19.5 Å². The highest BCUT2D eigenvalue weighted by atomic mass is 32.1. The van der Waals surface area contributed by atoms with Gasteiger partial charge in [0.1, 0.15) is 11.7 Å². The summed E-state index contributed by atoms with van der Waals surface area (Å²) in [5.74, 6) is -4.18. The second-order valence-electron chi connectivity index (χ2n) is 9.56. The molecule has 182 valence electrons. The molecule has 35 heavy (non-hydrogen) atoms. The summed E-state index contributed by atoms with van der Waals surface area (Å²) in [5, 5.41) is 19.1. The molecule has 6 nitrogen and oxygen atoms in total. The van der Waals surface area contributed by atoms with Crippen LogP contribution >= 0.6 is 11.3 Å². The molecule has 0 unspecified atom stereocenters. The SMILES string of the molecule is Cc1ccccc1NC(=O)[C@@H]1C(=O)C[C@](C)(O)[C@@H](C(=O)Nc2ccccc2C)[C@H]1c1sccc1C. The number of carbonyl (C=O) groups excluding carboxylic acids is 3. The van der Waals surface area contributed by atoms with Crippen LogP contribution in [0.1, 0.15) is 40.8 Å². The van der Waals surface area contributed by atoms with E-state index in [0.717, 1.165) is 21.6 Å². The summed E-state index contributed by atoms with van der Waals surface area (Å²) in [7, 11) is 0. The van der Waals surface area contributed by atoms with Crippen molar-refractivity contribution in [1.82, 2.24) is 0 Å². The standard InChI is InChI=1S/C28H30N2O4S/c1-16-9-5-7-11-19(16)29-26(32)22-21(31)15-28(4,34)24(23(22)25-18(3)13-14-35-25)27(33)30-20-12-8-6-10-17(20)2/h5-14,22-24,34H,15H2,1-4H3,(H,29,32)(H,30,33)/t22-,23+,24-,28+/m1/s1. The Morgan fingerprint density at radius 2 is 1.43 bits per heavy atom. The Labute approximate surface area is 209 Å². The van der Waals surface area contributed by atoms with Crippen LogP contribution in [-0.2, 0) is 14.4 Å². The summed E-state index contributed by atoms with van der Waals surface area (Å²) in [6, 6.07) is 16.6. The molecule has 1 saturated carbocycles. The predicted molar refractivity (Wildman–Crippen MR) is 139 cm³/mol. The lowest BCUT2D eigenvalue weighted by Gasteiger charge is -2.44. The number of anilines is 2. The van der Waals surface area contributed by atoms with Crippen molar-refractivity contribution in [1.29, 1.82) is 0 Å². The van der Waals surface area contributed by atoms with Crippen molar-refractivity contribution in [3.8, 4) is 0 Å². The quantitative estimate of drug-likeness (QED) is 0.439. The Morgan fingerprint density at radius 3 is 1.94 bits per heavy atom. The van der Waals surface area contributed by atoms with E-state index < -0.39 is 35.2 Å². The fraction of sp³-hybridized carbons (Fsp3) is 0.321. The van der Waals surface area contributed by atoms with Gasteiger partial charge in [0.05, 0.1) is 11.5 Å². The molecule has 4 atom stereocenters. The van der Waals surface area contributed by atoms with Crippen LogP contribution in [0.25, 0.3) is 0 Å². The molecule has 1 aliphatic rings. The zero-order chi connectivity index (χ0) is 25.3. The maximum atomic E-state index is 13.7. The number of Topliss-reactive ketones (excluding diaryl/α,β-unsaturated/α-hetero) is 1. The van der Waals surface area contributed by atoms with E-state index in [-0.39, 0.29) is 12.2 Å². The number of hydrogen-bond acceptors (Lipinski definition) is 5. The number of thiophene rings is 1. The van der Waals surface area contributed by atoms with Crippen molar-refractivity contribution >= 4 is 40.3 Å². The van der Waals surface area contributed by atoms with E-state index in [1.54, 1.807) is 12.1 Å². The minimum absolute atomic E-state index is 0.286. The van der Waals surface area contributed by atoms with Crippen LogP contribution in [0.2, 0.25) is 0 Å². The van der Waals surface area contributed by atoms with Crippen LogP contribution in [-0.4, -0.2) is 28.3 Å². The largest absolute Gasteiger partial charge is 0.389 e. The zero-order valence-electron chi connectivity index (χ0n) is 20.3. The Balaban J connectivity index is 1.77. The lowest BCUT2D eigenvalue weighted by atomic mass is 9.62. The number of rotatable bonds is 5. The van der Waals surface area contributed by atoms with Crippen LogP contribution in [0.4, 0.5) is 11.4 Å². The van der Waals surface area contributed by atoms with Crippen LogP contribution in [0.15, 0.2) is 60.0 Å². The number of benzene rings is 2. The van der Waals surface area contributed by atoms with Crippen molar-refractivity contribution in [2.45, 2.75) is 45.6 Å². The Hall–Kier alpha value is -3.29. The van der Waals surface area contributed by atoms with Crippen LogP contribution < -0.4 is 10.6 Å². The van der Waals surface area contributed by atoms with Crippen LogP contribution in [0.3, 0.4) is 0 Å². The average molecular weight is 491 g/mol. The van der Waals surface area contributed by atoms with Gasteiger partial charge in [0.25, 0.3) is 0 Å². The Kier molecular flexibility index (Phi) is 6.92. The molecule has 4 rings (SSSR count). The van der Waals surface area contributed by atoms with Crippen molar-refractivity contribution < 1.29 is 19.5 Å². The van der Waals surface area contributed by atoms with Gasteiger partial charge in [-0.1, -0.05) is 36.4 Å². The van der Waals surface area contributed by atoms with Gasteiger partial charge in [0.2, 0.25) is 11.8 Å². The van der Waals surface area contributed by atoms with E-state index in [1.807, 2.05) is 68.6 Å². The lowest BCUT2D eigenvalue weighted by molar-refractivity contribution is -0.150. The third-order valence-corrected chi connectivity index (χ3v) is 7.96. The van der Waals surface area contributed by atoms with Gasteiger partial charge in [-0.2, -0.15) is 0 Å². The number of nitrogens with one attached hydrogen (secondary N) is 2. The number of aryl methyl sites for hydroxylation is 3. The minimum Gasteiger partial charge on any atom is -0.389 e. The smallest absolute Gasteiger partial charge is 0.235 e. The van der Waals surface area contributed by atoms with Crippen molar-refractivity contribution in [2.75, 3.05) is 10.6 Å². The summed E-state index contributed by atoms with van der Waals surface area (Å²) in [4.78, 5) is 41.5. The lowest BCUT2D eigenvalue weighted by Crippen LogP contribution is -2.56. The second-order valence-corrected chi connectivity index (χ2v) is 10.5. The van der Waals surface area contributed by atoms with Crippen LogP contribution in [0.5, 0.6) is 0 Å². The van der Waals surface area contributed by atoms with E-state index in [4.69, 9.17) is 0 Å². The topological polar surface area (TPSA) is 95.5 Å².